The minimum Gasteiger partial charge on any atom is -0.481 e. The molecule has 0 spiro atoms. The second-order valence-electron chi connectivity index (χ2n) is 4.76. The number of hydrogen-bond donors (Lipinski definition) is 1. The van der Waals surface area contributed by atoms with E-state index in [1.807, 2.05) is 6.07 Å². The summed E-state index contributed by atoms with van der Waals surface area (Å²) < 4.78 is 5.37. The average Bonchev–Trinajstić information content (AvgIpc) is 2.73. The van der Waals surface area contributed by atoms with Crippen LogP contribution in [0.5, 0.6) is 0 Å². The van der Waals surface area contributed by atoms with Crippen molar-refractivity contribution in [2.45, 2.75) is 44.7 Å². The molecule has 100 valence electrons. The number of halogens is 1. The second-order valence-corrected chi connectivity index (χ2v) is 5.13. The lowest BCUT2D eigenvalue weighted by atomic mass is 9.98. The Hall–Kier alpha value is -1.00. The molecule has 1 saturated heterocycles. The molecule has 1 aromatic heterocycles. The maximum atomic E-state index is 10.7. The molecule has 1 aliphatic heterocycles. The van der Waals surface area contributed by atoms with Crippen molar-refractivity contribution in [3.63, 3.8) is 0 Å². The van der Waals surface area contributed by atoms with Gasteiger partial charge < -0.3 is 9.52 Å². The van der Waals surface area contributed by atoms with Crippen LogP contribution in [0, 0.1) is 0 Å². The molecule has 4 nitrogen and oxygen atoms in total. The maximum Gasteiger partial charge on any atom is 0.303 e. The Balaban J connectivity index is 1.92. The van der Waals surface area contributed by atoms with Crippen molar-refractivity contribution in [1.82, 2.24) is 4.90 Å². The van der Waals surface area contributed by atoms with E-state index < -0.39 is 5.97 Å². The average molecular weight is 272 g/mol. The number of likely N-dealkylation sites (tertiary alicyclic amines) is 1. The zero-order chi connectivity index (χ0) is 13.0. The standard InChI is InChI=1S/C13H18ClNO3/c14-12-6-5-11(18-12)9-15-8-2-1-3-10(15)4-7-13(16)17/h5-6,10H,1-4,7-9H2,(H,16,17)/t10-/m0/s1. The molecule has 1 fully saturated rings. The van der Waals surface area contributed by atoms with Gasteiger partial charge >= 0.3 is 5.97 Å². The highest BCUT2D eigenvalue weighted by Gasteiger charge is 2.23. The number of furan rings is 1. The van der Waals surface area contributed by atoms with Crippen molar-refractivity contribution < 1.29 is 14.3 Å². The van der Waals surface area contributed by atoms with Crippen LogP contribution in [0.1, 0.15) is 37.9 Å². The Morgan fingerprint density at radius 2 is 2.33 bits per heavy atom. The van der Waals surface area contributed by atoms with Crippen LogP contribution in [-0.4, -0.2) is 28.6 Å². The minimum absolute atomic E-state index is 0.236. The largest absolute Gasteiger partial charge is 0.481 e. The molecule has 0 aromatic carbocycles. The summed E-state index contributed by atoms with van der Waals surface area (Å²) in [4.78, 5) is 13.0. The van der Waals surface area contributed by atoms with Crippen molar-refractivity contribution in [3.8, 4) is 0 Å². The van der Waals surface area contributed by atoms with Gasteiger partial charge in [-0.15, -0.1) is 0 Å². The zero-order valence-electron chi connectivity index (χ0n) is 10.3. The lowest BCUT2D eigenvalue weighted by Crippen LogP contribution is -2.39. The fourth-order valence-corrected chi connectivity index (χ4v) is 2.68. The third-order valence-electron chi connectivity index (χ3n) is 3.43. The lowest BCUT2D eigenvalue weighted by molar-refractivity contribution is -0.137. The molecule has 5 heteroatoms. The van der Waals surface area contributed by atoms with Gasteiger partial charge in [0.2, 0.25) is 0 Å². The first-order valence-electron chi connectivity index (χ1n) is 6.35. The van der Waals surface area contributed by atoms with Gasteiger partial charge in [0, 0.05) is 12.5 Å². The normalized spacial score (nSPS) is 21.1. The van der Waals surface area contributed by atoms with Crippen LogP contribution in [0.25, 0.3) is 0 Å². The minimum atomic E-state index is -0.721. The van der Waals surface area contributed by atoms with E-state index >= 15 is 0 Å². The number of aliphatic carboxylic acids is 1. The molecular weight excluding hydrogens is 254 g/mol. The van der Waals surface area contributed by atoms with Crippen molar-refractivity contribution in [2.24, 2.45) is 0 Å². The third kappa shape index (κ3) is 3.75. The smallest absolute Gasteiger partial charge is 0.303 e. The molecule has 2 heterocycles. The van der Waals surface area contributed by atoms with Crippen LogP contribution < -0.4 is 0 Å². The number of carboxylic acids is 1. The van der Waals surface area contributed by atoms with Crippen LogP contribution in [0.3, 0.4) is 0 Å². The van der Waals surface area contributed by atoms with E-state index in [9.17, 15) is 4.79 Å². The van der Waals surface area contributed by atoms with Crippen LogP contribution in [-0.2, 0) is 11.3 Å². The Kier molecular flexibility index (Phi) is 4.66. The van der Waals surface area contributed by atoms with E-state index in [4.69, 9.17) is 21.1 Å². The van der Waals surface area contributed by atoms with Crippen molar-refractivity contribution >= 4 is 17.6 Å². The molecule has 0 saturated carbocycles. The van der Waals surface area contributed by atoms with Gasteiger partial charge in [-0.25, -0.2) is 0 Å². The van der Waals surface area contributed by atoms with Crippen LogP contribution in [0.15, 0.2) is 16.5 Å². The maximum absolute atomic E-state index is 10.7. The summed E-state index contributed by atoms with van der Waals surface area (Å²) in [6.07, 6.45) is 4.36. The molecular formula is C13H18ClNO3. The van der Waals surface area contributed by atoms with Crippen molar-refractivity contribution in [2.75, 3.05) is 6.54 Å². The quantitative estimate of drug-likeness (QED) is 0.894. The summed E-state index contributed by atoms with van der Waals surface area (Å²) in [6.45, 7) is 1.72. The number of rotatable bonds is 5. The number of hydrogen-bond acceptors (Lipinski definition) is 3. The van der Waals surface area contributed by atoms with Crippen LogP contribution in [0.4, 0.5) is 0 Å². The topological polar surface area (TPSA) is 53.7 Å². The van der Waals surface area contributed by atoms with E-state index in [0.29, 0.717) is 17.7 Å². The predicted molar refractivity (Wildman–Crippen MR) is 68.6 cm³/mol. The first kappa shape index (κ1) is 13.4. The highest BCUT2D eigenvalue weighted by Crippen LogP contribution is 2.24. The van der Waals surface area contributed by atoms with Gasteiger partial charge in [0.1, 0.15) is 5.76 Å². The number of carboxylic acid groups (broad SMARTS) is 1. The summed E-state index contributed by atoms with van der Waals surface area (Å²) in [5, 5.41) is 9.18. The van der Waals surface area contributed by atoms with E-state index in [0.717, 1.165) is 31.7 Å². The molecule has 0 radical (unpaired) electrons. The number of nitrogens with zero attached hydrogens (tertiary/aromatic N) is 1. The summed E-state index contributed by atoms with van der Waals surface area (Å²) in [5.74, 6) is 0.129. The first-order chi connectivity index (χ1) is 8.65. The first-order valence-corrected chi connectivity index (χ1v) is 6.73. The Morgan fingerprint density at radius 3 is 3.00 bits per heavy atom. The number of carbonyl (C=O) groups is 1. The van der Waals surface area contributed by atoms with Gasteiger partial charge in [0.25, 0.3) is 0 Å². The van der Waals surface area contributed by atoms with Gasteiger partial charge in [-0.3, -0.25) is 9.69 Å². The SMILES string of the molecule is O=C(O)CC[C@@H]1CCCCN1Cc1ccc(Cl)o1. The molecule has 0 unspecified atom stereocenters. The second kappa shape index (κ2) is 6.25. The molecule has 2 rings (SSSR count). The van der Waals surface area contributed by atoms with Crippen LogP contribution in [0.2, 0.25) is 5.22 Å². The van der Waals surface area contributed by atoms with E-state index in [1.165, 1.54) is 6.42 Å². The van der Waals surface area contributed by atoms with Gasteiger partial charge in [-0.1, -0.05) is 6.42 Å². The van der Waals surface area contributed by atoms with E-state index in [1.54, 1.807) is 6.07 Å². The molecule has 1 atom stereocenters. The number of piperidine rings is 1. The van der Waals surface area contributed by atoms with Crippen LogP contribution >= 0.6 is 11.6 Å². The predicted octanol–water partition coefficient (Wildman–Crippen LogP) is 3.15. The Bertz CT molecular complexity index is 405. The van der Waals surface area contributed by atoms with Crippen molar-refractivity contribution in [3.05, 3.63) is 23.1 Å². The summed E-state index contributed by atoms with van der Waals surface area (Å²) >= 11 is 5.75. The third-order valence-corrected chi connectivity index (χ3v) is 3.63. The molecule has 1 aliphatic rings. The fraction of sp³-hybridized carbons (Fsp3) is 0.615. The van der Waals surface area contributed by atoms with E-state index in [-0.39, 0.29) is 6.42 Å². The van der Waals surface area contributed by atoms with E-state index in [2.05, 4.69) is 4.90 Å². The van der Waals surface area contributed by atoms with Crippen molar-refractivity contribution in [1.29, 1.82) is 0 Å². The molecule has 0 aliphatic carbocycles. The van der Waals surface area contributed by atoms with Gasteiger partial charge in [-0.2, -0.15) is 0 Å². The summed E-state index contributed by atoms with van der Waals surface area (Å²) in [6, 6.07) is 3.97. The molecule has 0 amide bonds. The summed E-state index contributed by atoms with van der Waals surface area (Å²) in [7, 11) is 0. The van der Waals surface area contributed by atoms with Gasteiger partial charge in [0.15, 0.2) is 5.22 Å². The highest BCUT2D eigenvalue weighted by atomic mass is 35.5. The Morgan fingerprint density at radius 1 is 1.50 bits per heavy atom. The van der Waals surface area contributed by atoms with Gasteiger partial charge in [0.05, 0.1) is 6.54 Å². The molecule has 1 N–H and O–H groups in total. The Labute approximate surface area is 112 Å². The highest BCUT2D eigenvalue weighted by molar-refractivity contribution is 6.28. The lowest BCUT2D eigenvalue weighted by Gasteiger charge is -2.34. The fourth-order valence-electron chi connectivity index (χ4n) is 2.52. The van der Waals surface area contributed by atoms with Gasteiger partial charge in [-0.05, 0) is 49.5 Å². The monoisotopic (exact) mass is 271 g/mol. The zero-order valence-corrected chi connectivity index (χ0v) is 11.0. The summed E-state index contributed by atoms with van der Waals surface area (Å²) in [5.41, 5.74) is 0. The molecule has 0 bridgehead atoms. The molecule has 1 aromatic rings. The molecule has 18 heavy (non-hydrogen) atoms.